The highest BCUT2D eigenvalue weighted by atomic mass is 127. The molecular formula is C23H31IN4O3. The fourth-order valence-electron chi connectivity index (χ4n) is 3.56. The van der Waals surface area contributed by atoms with Crippen LogP contribution in [0.25, 0.3) is 0 Å². The third-order valence-corrected chi connectivity index (χ3v) is 4.92. The SMILES string of the molecule is COCc1ccccc1NC(N)=NCc1ccc(C(=O)N2CC(C)OC(C)C2)cc1.I. The van der Waals surface area contributed by atoms with Crippen molar-refractivity contribution in [3.63, 3.8) is 0 Å². The zero-order valence-electron chi connectivity index (χ0n) is 18.2. The number of aliphatic imine (C=N–C) groups is 1. The minimum atomic E-state index is 0. The van der Waals surface area contributed by atoms with E-state index in [1.54, 1.807) is 7.11 Å². The summed E-state index contributed by atoms with van der Waals surface area (Å²) in [5, 5.41) is 3.12. The number of nitrogens with two attached hydrogens (primary N) is 1. The predicted molar refractivity (Wildman–Crippen MR) is 134 cm³/mol. The van der Waals surface area contributed by atoms with Gasteiger partial charge in [-0.25, -0.2) is 4.99 Å². The molecule has 1 fully saturated rings. The first-order valence-corrected chi connectivity index (χ1v) is 10.1. The van der Waals surface area contributed by atoms with Crippen LogP contribution in [0.5, 0.6) is 0 Å². The Balaban J connectivity index is 0.00000341. The van der Waals surface area contributed by atoms with E-state index in [4.69, 9.17) is 15.2 Å². The Morgan fingerprint density at radius 1 is 1.16 bits per heavy atom. The van der Waals surface area contributed by atoms with E-state index in [1.807, 2.05) is 67.3 Å². The summed E-state index contributed by atoms with van der Waals surface area (Å²) >= 11 is 0. The molecule has 1 aliphatic heterocycles. The van der Waals surface area contributed by atoms with Crippen molar-refractivity contribution in [1.82, 2.24) is 4.90 Å². The molecule has 1 saturated heterocycles. The summed E-state index contributed by atoms with van der Waals surface area (Å²) in [5.74, 6) is 0.359. The van der Waals surface area contributed by atoms with Crippen molar-refractivity contribution in [3.05, 3.63) is 65.2 Å². The van der Waals surface area contributed by atoms with Gasteiger partial charge in [-0.05, 0) is 37.6 Å². The van der Waals surface area contributed by atoms with Crippen LogP contribution < -0.4 is 11.1 Å². The number of carbonyl (C=O) groups is 1. The average Bonchev–Trinajstić information content (AvgIpc) is 2.73. The molecule has 1 amide bonds. The van der Waals surface area contributed by atoms with Gasteiger partial charge in [-0.3, -0.25) is 4.79 Å². The number of hydrogen-bond donors (Lipinski definition) is 2. The number of nitrogens with one attached hydrogen (secondary N) is 1. The maximum Gasteiger partial charge on any atom is 0.254 e. The number of hydrogen-bond acceptors (Lipinski definition) is 4. The Labute approximate surface area is 201 Å². The fraction of sp³-hybridized carbons (Fsp3) is 0.391. The standard InChI is InChI=1S/C23H30N4O3.HI/c1-16-13-27(14-17(2)30-16)22(28)19-10-8-18(9-11-19)12-25-23(24)26-21-7-5-4-6-20(21)15-29-3;/h4-11,16-17H,12-15H2,1-3H3,(H3,24,25,26);1H. The van der Waals surface area contributed by atoms with Gasteiger partial charge < -0.3 is 25.4 Å². The number of morpholine rings is 1. The highest BCUT2D eigenvalue weighted by Crippen LogP contribution is 2.17. The molecule has 0 saturated carbocycles. The first-order valence-electron chi connectivity index (χ1n) is 10.1. The number of amides is 1. The molecule has 0 radical (unpaired) electrons. The third kappa shape index (κ3) is 7.19. The van der Waals surface area contributed by atoms with Crippen LogP contribution in [0.3, 0.4) is 0 Å². The van der Waals surface area contributed by atoms with E-state index >= 15 is 0 Å². The number of carbonyl (C=O) groups excluding carboxylic acids is 1. The maximum atomic E-state index is 12.8. The summed E-state index contributed by atoms with van der Waals surface area (Å²) in [6.45, 7) is 6.12. The summed E-state index contributed by atoms with van der Waals surface area (Å²) in [5.41, 5.74) is 9.57. The summed E-state index contributed by atoms with van der Waals surface area (Å²) in [4.78, 5) is 19.0. The largest absolute Gasteiger partial charge is 0.380 e. The zero-order valence-corrected chi connectivity index (χ0v) is 20.5. The van der Waals surface area contributed by atoms with Crippen LogP contribution in [-0.4, -0.2) is 49.2 Å². The molecule has 0 bridgehead atoms. The van der Waals surface area contributed by atoms with Crippen molar-refractivity contribution >= 4 is 41.5 Å². The molecule has 2 aromatic rings. The van der Waals surface area contributed by atoms with E-state index in [-0.39, 0.29) is 42.1 Å². The topological polar surface area (TPSA) is 89.2 Å². The van der Waals surface area contributed by atoms with Gasteiger partial charge in [-0.15, -0.1) is 24.0 Å². The molecule has 8 heteroatoms. The Morgan fingerprint density at radius 3 is 2.45 bits per heavy atom. The minimum absolute atomic E-state index is 0. The van der Waals surface area contributed by atoms with Crippen molar-refractivity contribution in [3.8, 4) is 0 Å². The Hall–Kier alpha value is -2.17. The quantitative estimate of drug-likeness (QED) is 0.333. The lowest BCUT2D eigenvalue weighted by atomic mass is 10.1. The molecule has 7 nitrogen and oxygen atoms in total. The van der Waals surface area contributed by atoms with Crippen LogP contribution in [0.1, 0.15) is 35.3 Å². The van der Waals surface area contributed by atoms with Gasteiger partial charge >= 0.3 is 0 Å². The summed E-state index contributed by atoms with van der Waals surface area (Å²) < 4.78 is 10.9. The van der Waals surface area contributed by atoms with Gasteiger partial charge in [-0.2, -0.15) is 0 Å². The smallest absolute Gasteiger partial charge is 0.254 e. The highest BCUT2D eigenvalue weighted by Gasteiger charge is 2.26. The normalized spacial score (nSPS) is 18.9. The predicted octanol–water partition coefficient (Wildman–Crippen LogP) is 3.63. The number of methoxy groups -OCH3 is 1. The van der Waals surface area contributed by atoms with Gasteiger partial charge in [0, 0.05) is 37.0 Å². The van der Waals surface area contributed by atoms with Gasteiger partial charge in [0.15, 0.2) is 5.96 Å². The summed E-state index contributed by atoms with van der Waals surface area (Å²) in [6.07, 6.45) is 0.103. The number of anilines is 1. The maximum absolute atomic E-state index is 12.8. The average molecular weight is 538 g/mol. The Morgan fingerprint density at radius 2 is 1.81 bits per heavy atom. The van der Waals surface area contributed by atoms with Gasteiger partial charge in [0.05, 0.1) is 25.4 Å². The molecule has 31 heavy (non-hydrogen) atoms. The van der Waals surface area contributed by atoms with Gasteiger partial charge in [0.2, 0.25) is 0 Å². The molecule has 3 rings (SSSR count). The molecule has 3 N–H and O–H groups in total. The first-order chi connectivity index (χ1) is 14.5. The van der Waals surface area contributed by atoms with Crippen LogP contribution in [0.2, 0.25) is 0 Å². The van der Waals surface area contributed by atoms with Crippen molar-refractivity contribution in [1.29, 1.82) is 0 Å². The molecule has 0 spiro atoms. The number of guanidine groups is 1. The van der Waals surface area contributed by atoms with E-state index in [0.717, 1.165) is 16.8 Å². The van der Waals surface area contributed by atoms with Crippen LogP contribution in [-0.2, 0) is 22.6 Å². The lowest BCUT2D eigenvalue weighted by molar-refractivity contribution is -0.0586. The van der Waals surface area contributed by atoms with Gasteiger partial charge in [-0.1, -0.05) is 30.3 Å². The Bertz CT molecular complexity index is 879. The van der Waals surface area contributed by atoms with E-state index in [1.165, 1.54) is 0 Å². The molecule has 2 aromatic carbocycles. The van der Waals surface area contributed by atoms with Gasteiger partial charge in [0.25, 0.3) is 5.91 Å². The number of rotatable bonds is 6. The van der Waals surface area contributed by atoms with Crippen molar-refractivity contribution in [2.45, 2.75) is 39.2 Å². The number of para-hydroxylation sites is 1. The molecule has 0 aromatic heterocycles. The lowest BCUT2D eigenvalue weighted by Crippen LogP contribution is -2.48. The number of benzene rings is 2. The molecule has 0 aliphatic carbocycles. The number of halogens is 1. The zero-order chi connectivity index (χ0) is 21.5. The fourth-order valence-corrected chi connectivity index (χ4v) is 3.56. The Kier molecular flexibility index (Phi) is 9.73. The third-order valence-electron chi connectivity index (χ3n) is 4.92. The van der Waals surface area contributed by atoms with Crippen LogP contribution >= 0.6 is 24.0 Å². The summed E-state index contributed by atoms with van der Waals surface area (Å²) in [6, 6.07) is 15.3. The first kappa shape index (κ1) is 25.1. The van der Waals surface area contributed by atoms with Crippen LogP contribution in [0.4, 0.5) is 5.69 Å². The monoisotopic (exact) mass is 538 g/mol. The van der Waals surface area contributed by atoms with Crippen molar-refractivity contribution in [2.75, 3.05) is 25.5 Å². The minimum Gasteiger partial charge on any atom is -0.380 e. The van der Waals surface area contributed by atoms with E-state index < -0.39 is 0 Å². The van der Waals surface area contributed by atoms with E-state index in [9.17, 15) is 4.79 Å². The molecule has 2 unspecified atom stereocenters. The van der Waals surface area contributed by atoms with Crippen LogP contribution in [0, 0.1) is 0 Å². The van der Waals surface area contributed by atoms with Crippen molar-refractivity contribution < 1.29 is 14.3 Å². The van der Waals surface area contributed by atoms with E-state index in [0.29, 0.717) is 37.8 Å². The van der Waals surface area contributed by atoms with Gasteiger partial charge in [0.1, 0.15) is 0 Å². The number of ether oxygens (including phenoxy) is 2. The molecule has 1 heterocycles. The second kappa shape index (κ2) is 12.0. The molecule has 1 aliphatic rings. The van der Waals surface area contributed by atoms with Crippen LogP contribution in [0.15, 0.2) is 53.5 Å². The number of nitrogens with zero attached hydrogens (tertiary/aromatic N) is 2. The van der Waals surface area contributed by atoms with E-state index in [2.05, 4.69) is 10.3 Å². The second-order valence-electron chi connectivity index (χ2n) is 7.58. The highest BCUT2D eigenvalue weighted by molar-refractivity contribution is 14.0. The molecule has 168 valence electrons. The lowest BCUT2D eigenvalue weighted by Gasteiger charge is -2.35. The van der Waals surface area contributed by atoms with Crippen molar-refractivity contribution in [2.24, 2.45) is 10.7 Å². The molecule has 2 atom stereocenters. The summed E-state index contributed by atoms with van der Waals surface area (Å²) in [7, 11) is 1.66. The second-order valence-corrected chi connectivity index (χ2v) is 7.58. The molecular weight excluding hydrogens is 507 g/mol.